The Morgan fingerprint density at radius 1 is 0.698 bits per heavy atom. The third kappa shape index (κ3) is 6.19. The smallest absolute Gasteiger partial charge is 0.340 e. The van der Waals surface area contributed by atoms with Gasteiger partial charge in [0.1, 0.15) is 23.0 Å². The lowest BCUT2D eigenvalue weighted by Crippen LogP contribution is -2.33. The van der Waals surface area contributed by atoms with Crippen LogP contribution in [0.3, 0.4) is 0 Å². The monoisotopic (exact) mass is 584 g/mol. The minimum Gasteiger partial charge on any atom is -0.456 e. The number of carbonyl (C=O) groups excluding carboxylic acids is 4. The summed E-state index contributed by atoms with van der Waals surface area (Å²) in [5.41, 5.74) is 0.947. The maximum absolute atomic E-state index is 13.3. The average molecular weight is 585 g/mol. The van der Waals surface area contributed by atoms with E-state index < -0.39 is 23.5 Å². The van der Waals surface area contributed by atoms with Crippen LogP contribution < -0.4 is 14.2 Å². The van der Waals surface area contributed by atoms with Gasteiger partial charge in [0.2, 0.25) is 0 Å². The Morgan fingerprint density at radius 3 is 1.81 bits per heavy atom. The van der Waals surface area contributed by atoms with Crippen molar-refractivity contribution in [2.24, 2.45) is 0 Å². The lowest BCUT2D eigenvalue weighted by atomic mass is 9.77. The highest BCUT2D eigenvalue weighted by molar-refractivity contribution is 6.01. The molecule has 0 aliphatic carbocycles. The normalized spacial score (nSPS) is 13.8. The van der Waals surface area contributed by atoms with Crippen molar-refractivity contribution in [3.63, 3.8) is 0 Å². The molecule has 0 atom stereocenters. The van der Waals surface area contributed by atoms with Gasteiger partial charge < -0.3 is 18.9 Å². The van der Waals surface area contributed by atoms with Crippen LogP contribution in [-0.4, -0.2) is 23.7 Å². The molecule has 0 N–H and O–H groups in total. The molecule has 43 heavy (non-hydrogen) atoms. The summed E-state index contributed by atoms with van der Waals surface area (Å²) in [5.74, 6) is -0.444. The van der Waals surface area contributed by atoms with Crippen LogP contribution in [0, 0.1) is 0 Å². The molecule has 0 saturated heterocycles. The summed E-state index contributed by atoms with van der Waals surface area (Å²) in [7, 11) is 0. The molecule has 224 valence electrons. The first-order chi connectivity index (χ1) is 20.7. The average Bonchev–Trinajstić information content (AvgIpc) is 3.25. The largest absolute Gasteiger partial charge is 0.456 e. The minimum atomic E-state index is -1.44. The first-order valence-electron chi connectivity index (χ1n) is 15.0. The molecule has 1 spiro atoms. The molecule has 8 nitrogen and oxygen atoms in total. The zero-order valence-electron chi connectivity index (χ0n) is 24.8. The molecule has 3 aromatic carbocycles. The highest BCUT2D eigenvalue weighted by Crippen LogP contribution is 2.57. The van der Waals surface area contributed by atoms with Crippen molar-refractivity contribution in [1.29, 1.82) is 0 Å². The van der Waals surface area contributed by atoms with Crippen molar-refractivity contribution < 1.29 is 38.1 Å². The van der Waals surface area contributed by atoms with E-state index in [0.717, 1.165) is 19.3 Å². The Bertz CT molecular complexity index is 1500. The molecule has 2 aliphatic heterocycles. The molecule has 0 fully saturated rings. The van der Waals surface area contributed by atoms with Crippen molar-refractivity contribution in [3.8, 4) is 23.0 Å². The van der Waals surface area contributed by atoms with E-state index >= 15 is 0 Å². The molecule has 2 heterocycles. The predicted octanol–water partition coefficient (Wildman–Crippen LogP) is 7.82. The lowest BCUT2D eigenvalue weighted by molar-refractivity contribution is -0.132. The highest BCUT2D eigenvalue weighted by atomic mass is 16.6. The summed E-state index contributed by atoms with van der Waals surface area (Å²) in [6.07, 6.45) is 9.53. The summed E-state index contributed by atoms with van der Waals surface area (Å²) in [4.78, 5) is 49.9. The Hall–Kier alpha value is -4.46. The molecule has 0 bridgehead atoms. The number of ketones is 1. The molecule has 3 aromatic rings. The second-order valence-electron chi connectivity index (χ2n) is 11.1. The van der Waals surface area contributed by atoms with E-state index in [1.807, 2.05) is 0 Å². The number of fused-ring (bicyclic) bond motifs is 6. The van der Waals surface area contributed by atoms with Crippen LogP contribution in [0.25, 0.3) is 0 Å². The molecule has 5 rings (SSSR count). The van der Waals surface area contributed by atoms with E-state index in [1.165, 1.54) is 46.0 Å². The molecular weight excluding hydrogens is 548 g/mol. The summed E-state index contributed by atoms with van der Waals surface area (Å²) in [6, 6.07) is 14.7. The molecule has 0 radical (unpaired) electrons. The van der Waals surface area contributed by atoms with Crippen LogP contribution in [-0.2, 0) is 19.9 Å². The van der Waals surface area contributed by atoms with Crippen molar-refractivity contribution in [2.75, 3.05) is 0 Å². The summed E-state index contributed by atoms with van der Waals surface area (Å²) in [5, 5.41) is 0. The van der Waals surface area contributed by atoms with Crippen molar-refractivity contribution >= 4 is 23.7 Å². The van der Waals surface area contributed by atoms with Gasteiger partial charge in [-0.15, -0.1) is 0 Å². The topological polar surface area (TPSA) is 105 Å². The van der Waals surface area contributed by atoms with Gasteiger partial charge in [-0.25, -0.2) is 4.79 Å². The minimum absolute atomic E-state index is 0.00574. The van der Waals surface area contributed by atoms with Crippen molar-refractivity contribution in [2.45, 2.75) is 84.2 Å². The highest BCUT2D eigenvalue weighted by Gasteiger charge is 2.54. The Morgan fingerprint density at radius 2 is 1.26 bits per heavy atom. The van der Waals surface area contributed by atoms with Gasteiger partial charge in [-0.2, -0.15) is 0 Å². The molecule has 0 unspecified atom stereocenters. The van der Waals surface area contributed by atoms with Gasteiger partial charge >= 0.3 is 17.9 Å². The first-order valence-corrected chi connectivity index (χ1v) is 15.0. The van der Waals surface area contributed by atoms with Gasteiger partial charge in [0, 0.05) is 54.7 Å². The SMILES string of the molecule is CCCCCCCCCCC(=O)c1ccc2c(c1)C1(OC2=O)c2ccc(OC(C)=O)cc2Oc2cc(OC(C)=O)ccc21. The number of benzene rings is 3. The van der Waals surface area contributed by atoms with Crippen LogP contribution in [0.2, 0.25) is 0 Å². The molecular formula is C35H36O8. The number of hydrogen-bond acceptors (Lipinski definition) is 8. The van der Waals surface area contributed by atoms with Crippen LogP contribution in [0.15, 0.2) is 54.6 Å². The number of Topliss-reactive ketones (excluding diaryl/α,β-unsaturated/α-hetero) is 1. The van der Waals surface area contributed by atoms with E-state index in [0.29, 0.717) is 45.7 Å². The fraction of sp³-hybridized carbons (Fsp3) is 0.371. The standard InChI is InChI=1S/C35H36O8/c1-4-5-6-7-8-9-10-11-12-31(38)24-13-16-27-30(19-24)35(43-34(27)39)28-17-14-25(40-22(2)36)20-32(28)42-33-21-26(41-23(3)37)15-18-29(33)35/h13-21H,4-12H2,1-3H3. The molecule has 8 heteroatoms. The van der Waals surface area contributed by atoms with E-state index in [9.17, 15) is 19.2 Å². The number of esters is 3. The number of rotatable bonds is 12. The zero-order chi connectivity index (χ0) is 30.6. The summed E-state index contributed by atoms with van der Waals surface area (Å²) < 4.78 is 23.0. The van der Waals surface area contributed by atoms with E-state index in [1.54, 1.807) is 54.6 Å². The Kier molecular flexibility index (Phi) is 8.94. The Labute approximate surface area is 251 Å². The van der Waals surface area contributed by atoms with Gasteiger partial charge in [0.15, 0.2) is 11.4 Å². The van der Waals surface area contributed by atoms with Gasteiger partial charge in [-0.1, -0.05) is 57.9 Å². The number of ether oxygens (including phenoxy) is 4. The summed E-state index contributed by atoms with van der Waals surface area (Å²) >= 11 is 0. The maximum atomic E-state index is 13.3. The molecule has 0 saturated carbocycles. The third-order valence-corrected chi connectivity index (χ3v) is 7.85. The summed E-state index contributed by atoms with van der Waals surface area (Å²) in [6.45, 7) is 4.80. The predicted molar refractivity (Wildman–Crippen MR) is 159 cm³/mol. The van der Waals surface area contributed by atoms with Crippen LogP contribution in [0.1, 0.15) is 116 Å². The van der Waals surface area contributed by atoms with Gasteiger partial charge in [-0.3, -0.25) is 14.4 Å². The lowest BCUT2D eigenvalue weighted by Gasteiger charge is -2.36. The quantitative estimate of drug-likeness (QED) is 0.0918. The van der Waals surface area contributed by atoms with E-state index in [2.05, 4.69) is 6.92 Å². The second-order valence-corrected chi connectivity index (χ2v) is 11.1. The number of carbonyl (C=O) groups is 4. The van der Waals surface area contributed by atoms with E-state index in [-0.39, 0.29) is 17.3 Å². The molecule has 2 aliphatic rings. The van der Waals surface area contributed by atoms with Crippen LogP contribution >= 0.6 is 0 Å². The number of unbranched alkanes of at least 4 members (excludes halogenated alkanes) is 7. The fourth-order valence-electron chi connectivity index (χ4n) is 5.88. The Balaban J connectivity index is 1.49. The van der Waals surface area contributed by atoms with E-state index in [4.69, 9.17) is 18.9 Å². The van der Waals surface area contributed by atoms with Crippen molar-refractivity contribution in [1.82, 2.24) is 0 Å². The second kappa shape index (κ2) is 12.8. The molecule has 0 amide bonds. The van der Waals surface area contributed by atoms with Crippen LogP contribution in [0.5, 0.6) is 23.0 Å². The van der Waals surface area contributed by atoms with Gasteiger partial charge in [0.25, 0.3) is 0 Å². The zero-order valence-corrected chi connectivity index (χ0v) is 24.8. The molecule has 0 aromatic heterocycles. The third-order valence-electron chi connectivity index (χ3n) is 7.85. The number of hydrogen-bond donors (Lipinski definition) is 0. The van der Waals surface area contributed by atoms with Gasteiger partial charge in [-0.05, 0) is 42.8 Å². The van der Waals surface area contributed by atoms with Crippen LogP contribution in [0.4, 0.5) is 0 Å². The fourth-order valence-corrected chi connectivity index (χ4v) is 5.88. The van der Waals surface area contributed by atoms with Crippen molar-refractivity contribution in [3.05, 3.63) is 82.4 Å². The van der Waals surface area contributed by atoms with Gasteiger partial charge in [0.05, 0.1) is 5.56 Å². The maximum Gasteiger partial charge on any atom is 0.340 e. The first kappa shape index (κ1) is 30.0.